The molecule has 2 nitrogen and oxygen atoms in total. The molecule has 1 unspecified atom stereocenters. The van der Waals surface area contributed by atoms with Gasteiger partial charge in [-0.25, -0.2) is 4.39 Å². The van der Waals surface area contributed by atoms with Crippen LogP contribution in [0.1, 0.15) is 17.0 Å². The first-order valence-electron chi connectivity index (χ1n) is 6.34. The molecular formula is C16H15ClFNO. The molecule has 0 saturated carbocycles. The van der Waals surface area contributed by atoms with Gasteiger partial charge in [-0.05, 0) is 17.2 Å². The van der Waals surface area contributed by atoms with Gasteiger partial charge in [0.1, 0.15) is 11.6 Å². The monoisotopic (exact) mass is 291 g/mol. The van der Waals surface area contributed by atoms with Crippen molar-refractivity contribution in [2.45, 2.75) is 12.3 Å². The van der Waals surface area contributed by atoms with Crippen LogP contribution in [-0.4, -0.2) is 12.3 Å². The molecule has 20 heavy (non-hydrogen) atoms. The molecule has 0 aromatic heterocycles. The van der Waals surface area contributed by atoms with Crippen molar-refractivity contribution in [2.24, 2.45) is 5.73 Å². The Morgan fingerprint density at radius 1 is 1.15 bits per heavy atom. The second kappa shape index (κ2) is 6.64. The summed E-state index contributed by atoms with van der Waals surface area (Å²) in [5.74, 6) is -0.970. The van der Waals surface area contributed by atoms with Crippen molar-refractivity contribution >= 4 is 17.4 Å². The first kappa shape index (κ1) is 14.7. The topological polar surface area (TPSA) is 43.1 Å². The lowest BCUT2D eigenvalue weighted by Gasteiger charge is -2.14. The summed E-state index contributed by atoms with van der Waals surface area (Å²) in [6.07, 6.45) is 0.0767. The number of hydrogen-bond donors (Lipinski definition) is 1. The molecule has 0 spiro atoms. The quantitative estimate of drug-likeness (QED) is 0.918. The smallest absolute Gasteiger partial charge is 0.146 e. The molecule has 0 heterocycles. The predicted octanol–water partition coefficient (Wildman–Crippen LogP) is 3.33. The largest absolute Gasteiger partial charge is 0.329 e. The Kier molecular flexibility index (Phi) is 4.88. The molecular weight excluding hydrogens is 277 g/mol. The van der Waals surface area contributed by atoms with E-state index in [1.807, 2.05) is 30.3 Å². The molecule has 2 rings (SSSR count). The minimum Gasteiger partial charge on any atom is -0.329 e. The van der Waals surface area contributed by atoms with Crippen molar-refractivity contribution in [1.29, 1.82) is 0 Å². The molecule has 0 saturated heterocycles. The van der Waals surface area contributed by atoms with Crippen LogP contribution in [0.4, 0.5) is 4.39 Å². The van der Waals surface area contributed by atoms with E-state index in [9.17, 15) is 9.18 Å². The van der Waals surface area contributed by atoms with Crippen molar-refractivity contribution in [3.8, 4) is 0 Å². The van der Waals surface area contributed by atoms with Crippen LogP contribution in [0, 0.1) is 5.82 Å². The fourth-order valence-corrected chi connectivity index (χ4v) is 2.33. The number of rotatable bonds is 5. The van der Waals surface area contributed by atoms with Crippen molar-refractivity contribution in [1.82, 2.24) is 0 Å². The molecule has 2 N–H and O–H groups in total. The van der Waals surface area contributed by atoms with Crippen LogP contribution >= 0.6 is 11.6 Å². The summed E-state index contributed by atoms with van der Waals surface area (Å²) in [6, 6.07) is 13.8. The Labute approximate surface area is 122 Å². The number of benzene rings is 2. The predicted molar refractivity (Wildman–Crippen MR) is 78.4 cm³/mol. The van der Waals surface area contributed by atoms with E-state index >= 15 is 0 Å². The lowest BCUT2D eigenvalue weighted by Crippen LogP contribution is -2.23. The molecule has 0 aliphatic carbocycles. The van der Waals surface area contributed by atoms with Crippen LogP contribution in [0.3, 0.4) is 0 Å². The first-order valence-corrected chi connectivity index (χ1v) is 6.72. The van der Waals surface area contributed by atoms with Crippen LogP contribution in [0.15, 0.2) is 48.5 Å². The lowest BCUT2D eigenvalue weighted by molar-refractivity contribution is -0.119. The molecule has 0 aliphatic rings. The number of nitrogens with two attached hydrogens (primary N) is 1. The Balaban J connectivity index is 2.20. The van der Waals surface area contributed by atoms with E-state index in [2.05, 4.69) is 0 Å². The highest BCUT2D eigenvalue weighted by molar-refractivity contribution is 6.31. The number of carbonyl (C=O) groups is 1. The standard InChI is InChI=1S/C16H15ClFNO/c17-16-12(7-4-8-14(16)18)9-15(20)13(10-19)11-5-2-1-3-6-11/h1-8,13H,9-10,19H2. The molecule has 0 bridgehead atoms. The summed E-state index contributed by atoms with van der Waals surface area (Å²) in [4.78, 5) is 12.3. The van der Waals surface area contributed by atoms with Crippen molar-refractivity contribution in [3.05, 3.63) is 70.5 Å². The highest BCUT2D eigenvalue weighted by Crippen LogP contribution is 2.23. The molecule has 1 atom stereocenters. The molecule has 0 amide bonds. The fraction of sp³-hybridized carbons (Fsp3) is 0.188. The summed E-state index contributed by atoms with van der Waals surface area (Å²) >= 11 is 5.87. The number of carbonyl (C=O) groups excluding carboxylic acids is 1. The van der Waals surface area contributed by atoms with Crippen LogP contribution in [-0.2, 0) is 11.2 Å². The molecule has 0 aliphatic heterocycles. The van der Waals surface area contributed by atoms with E-state index in [1.54, 1.807) is 12.1 Å². The van der Waals surface area contributed by atoms with Crippen molar-refractivity contribution in [3.63, 3.8) is 0 Å². The van der Waals surface area contributed by atoms with Gasteiger partial charge in [0.2, 0.25) is 0 Å². The Bertz CT molecular complexity index is 601. The summed E-state index contributed by atoms with van der Waals surface area (Å²) in [5.41, 5.74) is 7.06. The lowest BCUT2D eigenvalue weighted by atomic mass is 9.91. The number of hydrogen-bond acceptors (Lipinski definition) is 2. The zero-order chi connectivity index (χ0) is 14.5. The zero-order valence-corrected chi connectivity index (χ0v) is 11.6. The number of halogens is 2. The van der Waals surface area contributed by atoms with Gasteiger partial charge in [-0.2, -0.15) is 0 Å². The maximum atomic E-state index is 13.4. The fourth-order valence-electron chi connectivity index (χ4n) is 2.13. The van der Waals surface area contributed by atoms with E-state index in [0.29, 0.717) is 5.56 Å². The normalized spacial score (nSPS) is 12.2. The van der Waals surface area contributed by atoms with Gasteiger partial charge in [0.05, 0.1) is 10.9 Å². The molecule has 2 aromatic carbocycles. The van der Waals surface area contributed by atoms with E-state index in [1.165, 1.54) is 6.07 Å². The van der Waals surface area contributed by atoms with Crippen LogP contribution in [0.25, 0.3) is 0 Å². The minimum atomic E-state index is -0.513. The van der Waals surface area contributed by atoms with Crippen molar-refractivity contribution < 1.29 is 9.18 Å². The zero-order valence-electron chi connectivity index (χ0n) is 10.9. The van der Waals surface area contributed by atoms with Gasteiger partial charge in [0.15, 0.2) is 0 Å². The first-order chi connectivity index (χ1) is 9.63. The highest BCUT2D eigenvalue weighted by Gasteiger charge is 2.20. The number of ketones is 1. The van der Waals surface area contributed by atoms with Gasteiger partial charge >= 0.3 is 0 Å². The van der Waals surface area contributed by atoms with Gasteiger partial charge in [-0.3, -0.25) is 4.79 Å². The third kappa shape index (κ3) is 3.24. The van der Waals surface area contributed by atoms with Crippen molar-refractivity contribution in [2.75, 3.05) is 6.54 Å². The third-order valence-corrected chi connectivity index (χ3v) is 3.65. The average molecular weight is 292 g/mol. The molecule has 0 radical (unpaired) electrons. The van der Waals surface area contributed by atoms with E-state index in [-0.39, 0.29) is 23.8 Å². The molecule has 2 aromatic rings. The van der Waals surface area contributed by atoms with Gasteiger partial charge in [0.25, 0.3) is 0 Å². The highest BCUT2D eigenvalue weighted by atomic mass is 35.5. The van der Waals surface area contributed by atoms with Crippen LogP contribution < -0.4 is 5.73 Å². The summed E-state index contributed by atoms with van der Waals surface area (Å²) < 4.78 is 13.4. The Morgan fingerprint density at radius 3 is 2.50 bits per heavy atom. The second-order valence-electron chi connectivity index (χ2n) is 4.56. The van der Waals surface area contributed by atoms with Crippen LogP contribution in [0.5, 0.6) is 0 Å². The summed E-state index contributed by atoms with van der Waals surface area (Å²) in [7, 11) is 0. The summed E-state index contributed by atoms with van der Waals surface area (Å²) in [5, 5.41) is 0.00434. The van der Waals surface area contributed by atoms with E-state index in [4.69, 9.17) is 17.3 Å². The van der Waals surface area contributed by atoms with Gasteiger partial charge in [-0.1, -0.05) is 54.1 Å². The summed E-state index contributed by atoms with van der Waals surface area (Å²) in [6.45, 7) is 0.218. The van der Waals surface area contributed by atoms with Gasteiger partial charge in [0, 0.05) is 13.0 Å². The van der Waals surface area contributed by atoms with Gasteiger partial charge in [-0.15, -0.1) is 0 Å². The van der Waals surface area contributed by atoms with E-state index in [0.717, 1.165) is 5.56 Å². The molecule has 4 heteroatoms. The Morgan fingerprint density at radius 2 is 1.85 bits per heavy atom. The van der Waals surface area contributed by atoms with E-state index < -0.39 is 11.7 Å². The Hall–Kier alpha value is -1.71. The SMILES string of the molecule is NCC(C(=O)Cc1cccc(F)c1Cl)c1ccccc1. The van der Waals surface area contributed by atoms with Gasteiger partial charge < -0.3 is 5.73 Å². The molecule has 0 fully saturated rings. The number of Topliss-reactive ketones (excluding diaryl/α,β-unsaturated/α-hetero) is 1. The molecule has 104 valence electrons. The average Bonchev–Trinajstić information content (AvgIpc) is 2.46. The maximum Gasteiger partial charge on any atom is 0.146 e. The maximum absolute atomic E-state index is 13.4. The minimum absolute atomic E-state index is 0.00434. The third-order valence-electron chi connectivity index (χ3n) is 3.22. The second-order valence-corrected chi connectivity index (χ2v) is 4.93. The van der Waals surface area contributed by atoms with Crippen LogP contribution in [0.2, 0.25) is 5.02 Å².